The molecule has 0 fully saturated rings. The Kier molecular flexibility index (Phi) is 2.98. The molecule has 0 atom stereocenters. The molecular weight excluding hydrogens is 338 g/mol. The van der Waals surface area contributed by atoms with Crippen molar-refractivity contribution in [2.24, 2.45) is 0 Å². The predicted octanol–water partition coefficient (Wildman–Crippen LogP) is 2.86. The Bertz CT molecular complexity index is 1210. The molecule has 0 spiro atoms. The van der Waals surface area contributed by atoms with E-state index in [1.54, 1.807) is 4.52 Å². The standard InChI is InChI=1S/C16H13N7OS/c1-9-7-12(21-24-9)15-20-23-14(18-19-16(23)25-15)8-22-10(2)17-11-5-3-4-6-13(11)22/h3-7H,8H2,1-2H3. The molecule has 1 aromatic carbocycles. The van der Waals surface area contributed by atoms with Crippen LogP contribution in [0, 0.1) is 13.8 Å². The van der Waals surface area contributed by atoms with Gasteiger partial charge in [-0.1, -0.05) is 28.6 Å². The van der Waals surface area contributed by atoms with Gasteiger partial charge in [0.1, 0.15) is 17.3 Å². The van der Waals surface area contributed by atoms with Crippen molar-refractivity contribution in [2.45, 2.75) is 20.4 Å². The van der Waals surface area contributed by atoms with Crippen molar-refractivity contribution in [2.75, 3.05) is 0 Å². The Morgan fingerprint density at radius 3 is 2.88 bits per heavy atom. The van der Waals surface area contributed by atoms with Gasteiger partial charge < -0.3 is 9.09 Å². The van der Waals surface area contributed by atoms with Crippen LogP contribution in [0.4, 0.5) is 0 Å². The summed E-state index contributed by atoms with van der Waals surface area (Å²) < 4.78 is 9.01. The summed E-state index contributed by atoms with van der Waals surface area (Å²) in [6, 6.07) is 9.91. The number of imidazole rings is 1. The van der Waals surface area contributed by atoms with Crippen LogP contribution in [0.3, 0.4) is 0 Å². The molecule has 0 N–H and O–H groups in total. The molecule has 0 radical (unpaired) electrons. The van der Waals surface area contributed by atoms with Crippen LogP contribution in [0.5, 0.6) is 0 Å². The summed E-state index contributed by atoms with van der Waals surface area (Å²) in [5, 5.41) is 17.9. The predicted molar refractivity (Wildman–Crippen MR) is 92.5 cm³/mol. The van der Waals surface area contributed by atoms with Crippen LogP contribution in [0.1, 0.15) is 17.4 Å². The SMILES string of the molecule is Cc1cc(-c2nn3c(Cn4c(C)nc5ccccc54)nnc3s2)no1. The fourth-order valence-electron chi connectivity index (χ4n) is 2.86. The molecule has 0 saturated carbocycles. The number of aryl methyl sites for hydroxylation is 2. The van der Waals surface area contributed by atoms with Gasteiger partial charge in [-0.25, -0.2) is 4.98 Å². The average molecular weight is 351 g/mol. The molecule has 25 heavy (non-hydrogen) atoms. The molecular formula is C16H13N7OS. The van der Waals surface area contributed by atoms with Crippen LogP contribution in [-0.4, -0.2) is 34.5 Å². The summed E-state index contributed by atoms with van der Waals surface area (Å²) in [5.41, 5.74) is 2.75. The highest BCUT2D eigenvalue weighted by Gasteiger charge is 2.17. The van der Waals surface area contributed by atoms with Gasteiger partial charge in [0.2, 0.25) is 4.96 Å². The highest BCUT2D eigenvalue weighted by Crippen LogP contribution is 2.25. The largest absolute Gasteiger partial charge is 0.361 e. The van der Waals surface area contributed by atoms with Crippen molar-refractivity contribution in [1.82, 2.24) is 34.5 Å². The highest BCUT2D eigenvalue weighted by molar-refractivity contribution is 7.19. The fraction of sp³-hybridized carbons (Fsp3) is 0.188. The lowest BCUT2D eigenvalue weighted by Crippen LogP contribution is -2.06. The molecule has 0 aliphatic rings. The molecule has 0 saturated heterocycles. The number of hydrogen-bond acceptors (Lipinski definition) is 7. The molecule has 4 heterocycles. The first kappa shape index (κ1) is 14.3. The molecule has 4 aromatic heterocycles. The van der Waals surface area contributed by atoms with Crippen molar-refractivity contribution in [3.8, 4) is 10.7 Å². The van der Waals surface area contributed by atoms with E-state index in [-0.39, 0.29) is 0 Å². The minimum atomic E-state index is 0.550. The third-order valence-electron chi connectivity index (χ3n) is 4.05. The van der Waals surface area contributed by atoms with Crippen LogP contribution in [0.2, 0.25) is 0 Å². The van der Waals surface area contributed by atoms with E-state index in [2.05, 4.69) is 36.1 Å². The number of nitrogens with zero attached hydrogens (tertiary/aromatic N) is 7. The minimum absolute atomic E-state index is 0.550. The van der Waals surface area contributed by atoms with Gasteiger partial charge in [0.05, 0.1) is 17.6 Å². The first-order valence-corrected chi connectivity index (χ1v) is 8.57. The van der Waals surface area contributed by atoms with Crippen LogP contribution < -0.4 is 0 Å². The van der Waals surface area contributed by atoms with Gasteiger partial charge >= 0.3 is 0 Å². The van der Waals surface area contributed by atoms with E-state index in [9.17, 15) is 0 Å². The van der Waals surface area contributed by atoms with Gasteiger partial charge in [0.15, 0.2) is 10.8 Å². The van der Waals surface area contributed by atoms with Gasteiger partial charge in [0.25, 0.3) is 0 Å². The van der Waals surface area contributed by atoms with Crippen molar-refractivity contribution >= 4 is 27.3 Å². The molecule has 8 nitrogen and oxygen atoms in total. The van der Waals surface area contributed by atoms with Crippen molar-refractivity contribution in [3.05, 3.63) is 47.7 Å². The molecule has 0 amide bonds. The Balaban J connectivity index is 1.59. The molecule has 5 rings (SSSR count). The Hall–Kier alpha value is -3.07. The second-order valence-corrected chi connectivity index (χ2v) is 6.73. The third kappa shape index (κ3) is 2.23. The number of hydrogen-bond donors (Lipinski definition) is 0. The second-order valence-electron chi connectivity index (χ2n) is 5.77. The number of fused-ring (bicyclic) bond motifs is 2. The Labute approximate surface area is 145 Å². The van der Waals surface area contributed by atoms with Crippen LogP contribution in [0.15, 0.2) is 34.9 Å². The lowest BCUT2D eigenvalue weighted by Gasteiger charge is -2.04. The molecule has 0 aliphatic carbocycles. The van der Waals surface area contributed by atoms with E-state index >= 15 is 0 Å². The van der Waals surface area contributed by atoms with Gasteiger partial charge in [-0.2, -0.15) is 9.61 Å². The number of aromatic nitrogens is 7. The van der Waals surface area contributed by atoms with Gasteiger partial charge in [0, 0.05) is 6.07 Å². The van der Waals surface area contributed by atoms with Crippen molar-refractivity contribution < 1.29 is 4.52 Å². The van der Waals surface area contributed by atoms with Gasteiger partial charge in [-0.15, -0.1) is 10.2 Å². The monoisotopic (exact) mass is 351 g/mol. The molecule has 0 aliphatic heterocycles. The first-order chi connectivity index (χ1) is 12.2. The van der Waals surface area contributed by atoms with E-state index < -0.39 is 0 Å². The lowest BCUT2D eigenvalue weighted by atomic mass is 10.3. The number of rotatable bonds is 3. The van der Waals surface area contributed by atoms with Crippen LogP contribution >= 0.6 is 11.3 Å². The summed E-state index contributed by atoms with van der Waals surface area (Å²) in [6.07, 6.45) is 0. The minimum Gasteiger partial charge on any atom is -0.361 e. The molecule has 9 heteroatoms. The van der Waals surface area contributed by atoms with E-state index in [1.165, 1.54) is 11.3 Å². The Morgan fingerprint density at radius 1 is 1.16 bits per heavy atom. The van der Waals surface area contributed by atoms with Crippen molar-refractivity contribution in [1.29, 1.82) is 0 Å². The molecule has 0 bridgehead atoms. The number of benzene rings is 1. The summed E-state index contributed by atoms with van der Waals surface area (Å²) in [4.78, 5) is 5.32. The van der Waals surface area contributed by atoms with E-state index in [0.717, 1.165) is 38.4 Å². The molecule has 0 unspecified atom stereocenters. The summed E-state index contributed by atoms with van der Waals surface area (Å²) in [5.74, 6) is 2.44. The van der Waals surface area contributed by atoms with Crippen LogP contribution in [0.25, 0.3) is 26.7 Å². The number of para-hydroxylation sites is 2. The topological polar surface area (TPSA) is 86.9 Å². The van der Waals surface area contributed by atoms with E-state index in [4.69, 9.17) is 4.52 Å². The summed E-state index contributed by atoms with van der Waals surface area (Å²) in [6.45, 7) is 4.40. The molecule has 124 valence electrons. The summed E-state index contributed by atoms with van der Waals surface area (Å²) >= 11 is 1.44. The maximum Gasteiger partial charge on any atom is 0.235 e. The maximum atomic E-state index is 5.13. The fourth-order valence-corrected chi connectivity index (χ4v) is 3.67. The zero-order valence-corrected chi connectivity index (χ0v) is 14.4. The third-order valence-corrected chi connectivity index (χ3v) is 4.97. The Morgan fingerprint density at radius 2 is 2.04 bits per heavy atom. The van der Waals surface area contributed by atoms with Gasteiger partial charge in [-0.05, 0) is 26.0 Å². The first-order valence-electron chi connectivity index (χ1n) is 7.76. The summed E-state index contributed by atoms with van der Waals surface area (Å²) in [7, 11) is 0. The molecule has 5 aromatic rings. The average Bonchev–Trinajstić information content (AvgIpc) is 3.33. The zero-order valence-electron chi connectivity index (χ0n) is 13.5. The van der Waals surface area contributed by atoms with E-state index in [1.807, 2.05) is 38.1 Å². The maximum absolute atomic E-state index is 5.13. The smallest absolute Gasteiger partial charge is 0.235 e. The lowest BCUT2D eigenvalue weighted by molar-refractivity contribution is 0.399. The zero-order chi connectivity index (χ0) is 17.0. The van der Waals surface area contributed by atoms with E-state index in [0.29, 0.717) is 12.2 Å². The van der Waals surface area contributed by atoms with Crippen LogP contribution in [-0.2, 0) is 6.54 Å². The highest BCUT2D eigenvalue weighted by atomic mass is 32.1. The van der Waals surface area contributed by atoms with Gasteiger partial charge in [-0.3, -0.25) is 0 Å². The quantitative estimate of drug-likeness (QED) is 0.497. The second kappa shape index (κ2) is 5.21. The van der Waals surface area contributed by atoms with Crippen molar-refractivity contribution in [3.63, 3.8) is 0 Å². The normalized spacial score (nSPS) is 11.8.